The summed E-state index contributed by atoms with van der Waals surface area (Å²) < 4.78 is 74.5. The summed E-state index contributed by atoms with van der Waals surface area (Å²) in [6.45, 7) is 3.63. The molecule has 0 unspecified atom stereocenters. The molecule has 0 aliphatic heterocycles. The van der Waals surface area contributed by atoms with Crippen LogP contribution in [0.4, 0.5) is 17.6 Å². The van der Waals surface area contributed by atoms with Crippen molar-refractivity contribution in [1.82, 2.24) is 0 Å². The van der Waals surface area contributed by atoms with E-state index in [4.69, 9.17) is 0 Å². The average Bonchev–Trinajstić information content (AvgIpc) is 3.04. The van der Waals surface area contributed by atoms with Crippen molar-refractivity contribution in [3.05, 3.63) is 152 Å². The van der Waals surface area contributed by atoms with Gasteiger partial charge in [0.1, 0.15) is 14.3 Å². The molecule has 2 nitrogen and oxygen atoms in total. The van der Waals surface area contributed by atoms with Crippen molar-refractivity contribution in [3.8, 4) is 0 Å². The van der Waals surface area contributed by atoms with Gasteiger partial charge in [0.25, 0.3) is 0 Å². The summed E-state index contributed by atoms with van der Waals surface area (Å²) in [5.74, 6) is -5.39. The van der Waals surface area contributed by atoms with E-state index in [1.165, 1.54) is 45.2 Å². The minimum Gasteiger partial charge on any atom is -0.314 e. The zero-order chi connectivity index (χ0) is 30.9. The van der Waals surface area contributed by atoms with Crippen LogP contribution in [0.15, 0.2) is 121 Å². The van der Waals surface area contributed by atoms with Crippen molar-refractivity contribution in [3.63, 3.8) is 0 Å². The van der Waals surface area contributed by atoms with Crippen LogP contribution >= 0.6 is 59.5 Å². The van der Waals surface area contributed by atoms with Crippen LogP contribution in [0.25, 0.3) is 0 Å². The van der Waals surface area contributed by atoms with Gasteiger partial charge in [0.15, 0.2) is 23.3 Å². The first-order chi connectivity index (χ1) is 19.9. The molecule has 0 saturated carbocycles. The zero-order valence-electron chi connectivity index (χ0n) is 22.5. The Balaban J connectivity index is 0.000000174. The molecule has 218 valence electrons. The number of rotatable bonds is 4. The lowest BCUT2D eigenvalue weighted by atomic mass is 10.3. The molecule has 0 aliphatic rings. The van der Waals surface area contributed by atoms with Crippen molar-refractivity contribution in [1.29, 1.82) is 0 Å². The number of hydrogen-bond acceptors (Lipinski definition) is 2. The second-order valence-electron chi connectivity index (χ2n) is 9.07. The van der Waals surface area contributed by atoms with E-state index in [1.807, 2.05) is 135 Å². The van der Waals surface area contributed by atoms with E-state index in [1.54, 1.807) is 0 Å². The van der Waals surface area contributed by atoms with Crippen molar-refractivity contribution in [2.24, 2.45) is 0 Å². The van der Waals surface area contributed by atoms with Gasteiger partial charge in [0.05, 0.1) is 7.14 Å². The van der Waals surface area contributed by atoms with Crippen molar-refractivity contribution in [2.75, 3.05) is 13.3 Å². The summed E-state index contributed by atoms with van der Waals surface area (Å²) in [5, 5.41) is 3.65. The number of hydrogen-bond donors (Lipinski definition) is 0. The van der Waals surface area contributed by atoms with Gasteiger partial charge in [-0.15, -0.1) is 0 Å². The summed E-state index contributed by atoms with van der Waals surface area (Å²) in [5.41, 5.74) is 0. The third kappa shape index (κ3) is 8.43. The molecule has 0 heterocycles. The molecule has 0 amide bonds. The van der Waals surface area contributed by atoms with Gasteiger partial charge in [-0.25, -0.2) is 17.6 Å². The molecule has 5 aromatic rings. The molecule has 0 aliphatic carbocycles. The first kappa shape index (κ1) is 34.2. The quantitative estimate of drug-likeness (QED) is 0.0598. The predicted molar refractivity (Wildman–Crippen MR) is 183 cm³/mol. The first-order valence-corrected chi connectivity index (χ1v) is 18.9. The van der Waals surface area contributed by atoms with Gasteiger partial charge in [-0.2, -0.15) is 0 Å². The highest BCUT2D eigenvalue weighted by Gasteiger charge is 2.22. The second kappa shape index (κ2) is 15.5. The summed E-state index contributed by atoms with van der Waals surface area (Å²) >= 11 is 2.41. The molecule has 5 aromatic carbocycles. The first-order valence-electron chi connectivity index (χ1n) is 12.4. The molecule has 0 saturated heterocycles. The topological polar surface area (TPSA) is 34.1 Å². The Kier molecular flexibility index (Phi) is 12.6. The van der Waals surface area contributed by atoms with Crippen molar-refractivity contribution in [2.45, 2.75) is 0 Å². The Hall–Kier alpha value is -2.26. The summed E-state index contributed by atoms with van der Waals surface area (Å²) in [7, 11) is -4.79. The lowest BCUT2D eigenvalue weighted by molar-refractivity contribution is 0.437. The Morgan fingerprint density at radius 3 is 0.738 bits per heavy atom. The molecular weight excluding hydrogens is 808 g/mol. The van der Waals surface area contributed by atoms with Gasteiger partial charge in [0, 0.05) is 21.2 Å². The maximum Gasteiger partial charge on any atom is 0.176 e. The highest BCUT2D eigenvalue weighted by atomic mass is 127. The highest BCUT2D eigenvalue weighted by molar-refractivity contribution is 14.1. The smallest absolute Gasteiger partial charge is 0.176 e. The summed E-state index contributed by atoms with van der Waals surface area (Å²) in [6.07, 6.45) is 0. The molecule has 0 radical (unpaired) electrons. The fourth-order valence-corrected chi connectivity index (χ4v) is 8.23. The largest absolute Gasteiger partial charge is 0.314 e. The standard InChI is InChI=1S/2C13H13OP.C6F4I2/c2*1-15(14,12-8-4-2-5-9-12)13-10-6-3-7-11-13;7-1-2(8)6(12)4(10)3(9)5(1)11/h2*2-11H,1H3;. The van der Waals surface area contributed by atoms with Crippen LogP contribution < -0.4 is 21.2 Å². The Morgan fingerprint density at radius 1 is 0.405 bits per heavy atom. The van der Waals surface area contributed by atoms with Gasteiger partial charge in [-0.3, -0.25) is 0 Å². The highest BCUT2D eigenvalue weighted by Crippen LogP contribution is 2.39. The molecule has 0 bridgehead atoms. The van der Waals surface area contributed by atoms with Crippen LogP contribution in [0, 0.1) is 30.4 Å². The monoisotopic (exact) mass is 834 g/mol. The maximum absolute atomic E-state index is 12.6. The van der Waals surface area contributed by atoms with Crippen LogP contribution in [-0.4, -0.2) is 13.3 Å². The predicted octanol–water partition coefficient (Wildman–Crippen LogP) is 8.71. The normalized spacial score (nSPS) is 11.0. The van der Waals surface area contributed by atoms with E-state index in [0.717, 1.165) is 21.2 Å². The zero-order valence-corrected chi connectivity index (χ0v) is 28.6. The van der Waals surface area contributed by atoms with Crippen LogP contribution in [0.5, 0.6) is 0 Å². The van der Waals surface area contributed by atoms with Crippen LogP contribution in [0.2, 0.25) is 0 Å². The van der Waals surface area contributed by atoms with E-state index in [0.29, 0.717) is 0 Å². The van der Waals surface area contributed by atoms with E-state index in [-0.39, 0.29) is 0 Å². The van der Waals surface area contributed by atoms with E-state index in [2.05, 4.69) is 0 Å². The lowest BCUT2D eigenvalue weighted by Gasteiger charge is -2.13. The van der Waals surface area contributed by atoms with E-state index >= 15 is 0 Å². The number of benzene rings is 5. The Morgan fingerprint density at radius 2 is 0.571 bits per heavy atom. The van der Waals surface area contributed by atoms with E-state index < -0.39 is 44.7 Å². The fourth-order valence-electron chi connectivity index (χ4n) is 3.73. The third-order valence-electron chi connectivity index (χ3n) is 6.15. The third-order valence-corrected chi connectivity index (χ3v) is 13.2. The molecule has 5 rings (SSSR count). The van der Waals surface area contributed by atoms with Gasteiger partial charge in [-0.05, 0) is 58.5 Å². The van der Waals surface area contributed by atoms with Gasteiger partial charge in [-0.1, -0.05) is 121 Å². The van der Waals surface area contributed by atoms with Crippen LogP contribution in [0.1, 0.15) is 0 Å². The fraction of sp³-hybridized carbons (Fsp3) is 0.0625. The molecule has 0 aromatic heterocycles. The molecule has 10 heteroatoms. The molecule has 42 heavy (non-hydrogen) atoms. The molecule has 0 spiro atoms. The minimum atomic E-state index is -2.40. The summed E-state index contributed by atoms with van der Waals surface area (Å²) in [6, 6.07) is 38.6. The minimum absolute atomic E-state index is 0.664. The Labute approximate surface area is 270 Å². The lowest BCUT2D eigenvalue weighted by Crippen LogP contribution is -2.14. The molecule has 0 N–H and O–H groups in total. The molecular formula is C32H26F4I2O2P2. The Bertz CT molecular complexity index is 1420. The average molecular weight is 834 g/mol. The second-order valence-corrected chi connectivity index (χ2v) is 17.0. The SMILES string of the molecule is CP(=O)(c1ccccc1)c1ccccc1.CP(=O)(c1ccccc1)c1ccccc1.Fc1c(F)c(I)c(F)c(F)c1I. The van der Waals surface area contributed by atoms with Crippen molar-refractivity contribution < 1.29 is 26.7 Å². The van der Waals surface area contributed by atoms with Crippen LogP contribution in [-0.2, 0) is 9.13 Å². The summed E-state index contributed by atoms with van der Waals surface area (Å²) in [4.78, 5) is 0. The van der Waals surface area contributed by atoms with Gasteiger partial charge in [0.2, 0.25) is 0 Å². The van der Waals surface area contributed by atoms with Gasteiger partial charge >= 0.3 is 0 Å². The van der Waals surface area contributed by atoms with Crippen molar-refractivity contribution >= 4 is 80.7 Å². The molecule has 0 atom stereocenters. The number of halogens is 6. The maximum atomic E-state index is 12.6. The molecule has 0 fully saturated rings. The van der Waals surface area contributed by atoms with Gasteiger partial charge < -0.3 is 9.13 Å². The van der Waals surface area contributed by atoms with Crippen LogP contribution in [0.3, 0.4) is 0 Å². The van der Waals surface area contributed by atoms with E-state index in [9.17, 15) is 26.7 Å².